The molecule has 0 fully saturated rings. The minimum atomic E-state index is -0.849. The van der Waals surface area contributed by atoms with Gasteiger partial charge >= 0.3 is 24.1 Å². The average molecular weight is 688 g/mol. The Bertz CT molecular complexity index is 870. The predicted octanol–water partition coefficient (Wildman–Crippen LogP) is 3.94. The van der Waals surface area contributed by atoms with Gasteiger partial charge in [0.25, 0.3) is 0 Å². The molecule has 1 heterocycles. The van der Waals surface area contributed by atoms with Crippen LogP contribution >= 0.6 is 38.5 Å². The maximum absolute atomic E-state index is 11.8. The number of ether oxygens (including phenoxy) is 4. The molecule has 13 heteroatoms. The van der Waals surface area contributed by atoms with Crippen LogP contribution in [0.4, 0.5) is 9.59 Å². The molecule has 0 saturated carbocycles. The molecule has 0 bridgehead atoms. The maximum atomic E-state index is 11.8. The van der Waals surface area contributed by atoms with Gasteiger partial charge in [-0.25, -0.2) is 19.2 Å². The summed E-state index contributed by atoms with van der Waals surface area (Å²) in [5.41, 5.74) is -0.555. The highest BCUT2D eigenvalue weighted by atomic mass is 127. The van der Waals surface area contributed by atoms with Crippen molar-refractivity contribution in [2.45, 2.75) is 71.2 Å². The molecule has 0 unspecified atom stereocenters. The van der Waals surface area contributed by atoms with Gasteiger partial charge in [-0.2, -0.15) is 0 Å². The normalized spacial score (nSPS) is 12.6. The van der Waals surface area contributed by atoms with Gasteiger partial charge in [0, 0.05) is 27.2 Å². The number of pyridine rings is 1. The molecule has 0 aliphatic heterocycles. The van der Waals surface area contributed by atoms with E-state index in [2.05, 4.69) is 36.3 Å². The van der Waals surface area contributed by atoms with Gasteiger partial charge in [-0.05, 0) is 69.6 Å². The third kappa shape index (κ3) is 15.8. The van der Waals surface area contributed by atoms with Gasteiger partial charge in [0.05, 0.1) is 14.2 Å². The lowest BCUT2D eigenvalue weighted by molar-refractivity contribution is -0.143. The van der Waals surface area contributed by atoms with Crippen molar-refractivity contribution in [2.24, 2.45) is 0 Å². The molecule has 0 spiro atoms. The highest BCUT2D eigenvalue weighted by Gasteiger charge is 2.26. The van der Waals surface area contributed by atoms with Crippen LogP contribution in [0.25, 0.3) is 0 Å². The zero-order valence-corrected chi connectivity index (χ0v) is 25.5. The first kappa shape index (κ1) is 33.8. The van der Waals surface area contributed by atoms with Crippen LogP contribution in [0.5, 0.6) is 0 Å². The summed E-state index contributed by atoms with van der Waals surface area (Å²) in [6.45, 7) is 10.5. The molecular formula is C23H35BrIN3O8. The molecule has 1 aromatic heterocycles. The molecule has 11 nitrogen and oxygen atoms in total. The number of rotatable bonds is 7. The molecular weight excluding hydrogens is 653 g/mol. The third-order valence-corrected chi connectivity index (χ3v) is 5.06. The van der Waals surface area contributed by atoms with E-state index in [-0.39, 0.29) is 6.42 Å². The second-order valence-corrected chi connectivity index (χ2v) is 11.1. The van der Waals surface area contributed by atoms with E-state index in [1.54, 1.807) is 53.8 Å². The van der Waals surface area contributed by atoms with Crippen LogP contribution < -0.4 is 10.6 Å². The number of aromatic nitrogens is 1. The number of hydrogen-bond acceptors (Lipinski definition) is 9. The van der Waals surface area contributed by atoms with Crippen LogP contribution in [-0.2, 0) is 35.0 Å². The van der Waals surface area contributed by atoms with Crippen molar-refractivity contribution in [3.63, 3.8) is 0 Å². The first-order chi connectivity index (χ1) is 16.5. The van der Waals surface area contributed by atoms with Gasteiger partial charge in [-0.15, -0.1) is 0 Å². The topological polar surface area (TPSA) is 142 Å². The summed E-state index contributed by atoms with van der Waals surface area (Å²) in [5, 5.41) is 4.93. The van der Waals surface area contributed by atoms with Crippen LogP contribution in [0, 0.1) is 0 Å². The van der Waals surface area contributed by atoms with Crippen molar-refractivity contribution >= 4 is 62.6 Å². The minimum absolute atomic E-state index is 0.221. The number of amides is 2. The van der Waals surface area contributed by atoms with Crippen molar-refractivity contribution in [1.82, 2.24) is 15.6 Å². The molecule has 1 rings (SSSR count). The van der Waals surface area contributed by atoms with Crippen LogP contribution in [0.15, 0.2) is 22.8 Å². The summed E-state index contributed by atoms with van der Waals surface area (Å²) in [5.74, 6) is -1.03. The number of esters is 2. The molecule has 0 aromatic carbocycles. The first-order valence-corrected chi connectivity index (χ1v) is 13.1. The van der Waals surface area contributed by atoms with Gasteiger partial charge in [0.15, 0.2) is 0 Å². The number of alkyl halides is 1. The summed E-state index contributed by atoms with van der Waals surface area (Å²) in [6, 6.07) is 2.06. The summed E-state index contributed by atoms with van der Waals surface area (Å²) < 4.78 is 20.6. The van der Waals surface area contributed by atoms with E-state index in [4.69, 9.17) is 14.2 Å². The summed E-state index contributed by atoms with van der Waals surface area (Å²) >= 11 is 5.27. The van der Waals surface area contributed by atoms with Gasteiger partial charge in [0.1, 0.15) is 23.3 Å². The Labute approximate surface area is 234 Å². The average Bonchev–Trinajstić information content (AvgIpc) is 2.75. The molecule has 0 aliphatic rings. The Kier molecular flexibility index (Phi) is 14.9. The van der Waals surface area contributed by atoms with E-state index in [0.717, 1.165) is 4.47 Å². The predicted molar refractivity (Wildman–Crippen MR) is 145 cm³/mol. The quantitative estimate of drug-likeness (QED) is 0.189. The number of carbonyl (C=O) groups excluding carboxylic acids is 4. The molecule has 2 atom stereocenters. The lowest BCUT2D eigenvalue weighted by Gasteiger charge is -2.22. The standard InChI is InChI=1S/C14H19BrN2O4.C9H16INO4/c1-14(2,3)21-13(19)17-11(12(18)20-4)7-10-6-5-9(15)8-16-10;1-9(2,3)15-8(13)11-6(5-10)7(12)14-4/h5-6,8,11H,7H2,1-4H3,(H,17,19);6H,5H2,1-4H3,(H,11,13)/t11-;6-/m00/s1. The van der Waals surface area contributed by atoms with Crippen LogP contribution in [0.3, 0.4) is 0 Å². The fourth-order valence-corrected chi connectivity index (χ4v) is 3.09. The highest BCUT2D eigenvalue weighted by molar-refractivity contribution is 14.1. The molecule has 2 N–H and O–H groups in total. The van der Waals surface area contributed by atoms with E-state index < -0.39 is 47.4 Å². The minimum Gasteiger partial charge on any atom is -0.467 e. The zero-order valence-electron chi connectivity index (χ0n) is 21.8. The van der Waals surface area contributed by atoms with E-state index in [1.165, 1.54) is 14.2 Å². The third-order valence-electron chi connectivity index (χ3n) is 3.71. The molecule has 0 radical (unpaired) electrons. The number of halogens is 2. The lowest BCUT2D eigenvalue weighted by atomic mass is 10.1. The van der Waals surface area contributed by atoms with Gasteiger partial charge < -0.3 is 29.6 Å². The van der Waals surface area contributed by atoms with E-state index in [1.807, 2.05) is 28.7 Å². The molecule has 204 valence electrons. The van der Waals surface area contributed by atoms with E-state index in [0.29, 0.717) is 10.1 Å². The van der Waals surface area contributed by atoms with Crippen molar-refractivity contribution in [3.05, 3.63) is 28.5 Å². The lowest BCUT2D eigenvalue weighted by Crippen LogP contribution is -2.45. The molecule has 2 amide bonds. The SMILES string of the molecule is COC(=O)[C@H](CI)NC(=O)OC(C)(C)C.COC(=O)[C@H](Cc1ccc(Br)cn1)NC(=O)OC(C)(C)C. The smallest absolute Gasteiger partial charge is 0.408 e. The number of hydrogen-bond donors (Lipinski definition) is 2. The van der Waals surface area contributed by atoms with E-state index >= 15 is 0 Å². The zero-order chi connectivity index (χ0) is 28.1. The first-order valence-electron chi connectivity index (χ1n) is 10.8. The van der Waals surface area contributed by atoms with Crippen LogP contribution in [-0.4, -0.2) is 71.0 Å². The number of methoxy groups -OCH3 is 2. The summed E-state index contributed by atoms with van der Waals surface area (Å²) in [7, 11) is 2.54. The van der Waals surface area contributed by atoms with Gasteiger partial charge in [-0.3, -0.25) is 4.98 Å². The van der Waals surface area contributed by atoms with Crippen molar-refractivity contribution in [3.8, 4) is 0 Å². The van der Waals surface area contributed by atoms with Crippen molar-refractivity contribution < 1.29 is 38.1 Å². The van der Waals surface area contributed by atoms with Crippen LogP contribution in [0.1, 0.15) is 47.2 Å². The molecule has 1 aromatic rings. The van der Waals surface area contributed by atoms with E-state index in [9.17, 15) is 19.2 Å². The monoisotopic (exact) mass is 687 g/mol. The molecule has 36 heavy (non-hydrogen) atoms. The fraction of sp³-hybridized carbons (Fsp3) is 0.609. The second-order valence-electron chi connectivity index (χ2n) is 9.27. The second kappa shape index (κ2) is 15.8. The number of nitrogens with zero attached hydrogens (tertiary/aromatic N) is 1. The summed E-state index contributed by atoms with van der Waals surface area (Å²) in [6.07, 6.45) is 0.556. The largest absolute Gasteiger partial charge is 0.467 e. The Hall–Kier alpha value is -2.16. The highest BCUT2D eigenvalue weighted by Crippen LogP contribution is 2.11. The van der Waals surface area contributed by atoms with Crippen molar-refractivity contribution in [2.75, 3.05) is 18.6 Å². The molecule has 0 saturated heterocycles. The number of carbonyl (C=O) groups is 4. The molecule has 0 aliphatic carbocycles. The maximum Gasteiger partial charge on any atom is 0.408 e. The summed E-state index contributed by atoms with van der Waals surface area (Å²) in [4.78, 5) is 50.1. The van der Waals surface area contributed by atoms with Gasteiger partial charge in [-0.1, -0.05) is 22.6 Å². The Morgan fingerprint density at radius 1 is 0.889 bits per heavy atom. The Morgan fingerprint density at radius 3 is 1.69 bits per heavy atom. The Morgan fingerprint density at radius 2 is 1.33 bits per heavy atom. The Balaban J connectivity index is 0.000000723. The fourth-order valence-electron chi connectivity index (χ4n) is 2.27. The van der Waals surface area contributed by atoms with Gasteiger partial charge in [0.2, 0.25) is 0 Å². The van der Waals surface area contributed by atoms with Crippen molar-refractivity contribution in [1.29, 1.82) is 0 Å². The van der Waals surface area contributed by atoms with Crippen LogP contribution in [0.2, 0.25) is 0 Å². The number of alkyl carbamates (subject to hydrolysis) is 2. The number of nitrogens with one attached hydrogen (secondary N) is 2.